The second-order valence-electron chi connectivity index (χ2n) is 6.33. The summed E-state index contributed by atoms with van der Waals surface area (Å²) >= 11 is 5.86. The topological polar surface area (TPSA) is 142 Å². The van der Waals surface area contributed by atoms with Gasteiger partial charge in [-0.15, -0.1) is 0 Å². The number of amides is 1. The van der Waals surface area contributed by atoms with Crippen molar-refractivity contribution >= 4 is 46.1 Å². The number of aromatic nitrogens is 4. The van der Waals surface area contributed by atoms with E-state index in [9.17, 15) is 9.59 Å². The number of nitrogen functional groups attached to an aromatic ring is 2. The van der Waals surface area contributed by atoms with Gasteiger partial charge in [0.2, 0.25) is 0 Å². The number of rotatable bonds is 7. The van der Waals surface area contributed by atoms with Gasteiger partial charge in [0, 0.05) is 6.61 Å². The van der Waals surface area contributed by atoms with Crippen LogP contribution in [0.3, 0.4) is 0 Å². The number of carbonyl (C=O) groups excluding carboxylic acids is 2. The van der Waals surface area contributed by atoms with Crippen molar-refractivity contribution in [2.75, 3.05) is 24.7 Å². The molecule has 0 bridgehead atoms. The van der Waals surface area contributed by atoms with Crippen LogP contribution in [0, 0.1) is 0 Å². The third kappa shape index (κ3) is 5.05. The molecule has 0 atom stereocenters. The lowest BCUT2D eigenvalue weighted by Gasteiger charge is -2.08. The molecule has 2 heterocycles. The molecule has 0 aliphatic rings. The molecule has 10 nitrogen and oxygen atoms in total. The van der Waals surface area contributed by atoms with Crippen LogP contribution in [0.25, 0.3) is 11.0 Å². The van der Waals surface area contributed by atoms with Crippen molar-refractivity contribution in [3.8, 4) is 0 Å². The van der Waals surface area contributed by atoms with E-state index in [2.05, 4.69) is 15.3 Å². The molecule has 0 saturated carbocycles. The molecular formula is C19H23ClIN7O3. The Balaban J connectivity index is 0.00000341. The molecule has 31 heavy (non-hydrogen) atoms. The van der Waals surface area contributed by atoms with E-state index in [1.54, 1.807) is 4.57 Å². The number of hydrogen-bond acceptors (Lipinski definition) is 7. The number of anilines is 2. The van der Waals surface area contributed by atoms with E-state index in [1.165, 1.54) is 0 Å². The fourth-order valence-corrected chi connectivity index (χ4v) is 3.32. The van der Waals surface area contributed by atoms with Gasteiger partial charge < -0.3 is 45.5 Å². The Hall–Kier alpha value is -2.51. The highest BCUT2D eigenvalue weighted by Crippen LogP contribution is 2.18. The van der Waals surface area contributed by atoms with Gasteiger partial charge in [0.15, 0.2) is 33.5 Å². The second kappa shape index (κ2) is 10.7. The normalized spacial score (nSPS) is 10.7. The van der Waals surface area contributed by atoms with Crippen LogP contribution in [0.15, 0.2) is 24.3 Å². The minimum atomic E-state index is -0.585. The zero-order chi connectivity index (χ0) is 21.8. The van der Waals surface area contributed by atoms with E-state index in [0.717, 1.165) is 11.0 Å². The maximum atomic E-state index is 12.9. The Morgan fingerprint density at radius 3 is 2.58 bits per heavy atom. The Labute approximate surface area is 200 Å². The second-order valence-corrected chi connectivity index (χ2v) is 6.69. The quantitative estimate of drug-likeness (QED) is 0.228. The van der Waals surface area contributed by atoms with Gasteiger partial charge in [-0.25, -0.2) is 19.3 Å². The fourth-order valence-electron chi connectivity index (χ4n) is 3.19. The van der Waals surface area contributed by atoms with Gasteiger partial charge in [-0.3, -0.25) is 4.79 Å². The molecule has 3 rings (SSSR count). The summed E-state index contributed by atoms with van der Waals surface area (Å²) in [5, 5.41) is 2.62. The smallest absolute Gasteiger partial charge is 0.340 e. The zero-order valence-corrected chi connectivity index (χ0v) is 20.0. The van der Waals surface area contributed by atoms with Crippen LogP contribution < -0.4 is 45.3 Å². The molecule has 2 aromatic heterocycles. The molecule has 0 saturated heterocycles. The summed E-state index contributed by atoms with van der Waals surface area (Å²) in [5.41, 5.74) is 12.8. The molecule has 0 aliphatic carbocycles. The highest BCUT2D eigenvalue weighted by atomic mass is 127. The van der Waals surface area contributed by atoms with Gasteiger partial charge in [-0.05, 0) is 26.0 Å². The Bertz CT molecular complexity index is 1120. The van der Waals surface area contributed by atoms with Gasteiger partial charge >= 0.3 is 5.91 Å². The lowest BCUT2D eigenvalue weighted by atomic mass is 10.3. The molecule has 0 unspecified atom stereocenters. The van der Waals surface area contributed by atoms with Crippen molar-refractivity contribution in [1.29, 1.82) is 0 Å². The van der Waals surface area contributed by atoms with Crippen molar-refractivity contribution < 1.29 is 42.9 Å². The summed E-state index contributed by atoms with van der Waals surface area (Å²) in [5.74, 6) is -0.426. The third-order valence-electron chi connectivity index (χ3n) is 4.51. The van der Waals surface area contributed by atoms with Crippen LogP contribution in [0.2, 0.25) is 5.15 Å². The van der Waals surface area contributed by atoms with Crippen LogP contribution in [0.5, 0.6) is 0 Å². The number of carbonyl (C=O) groups is 2. The van der Waals surface area contributed by atoms with Crippen LogP contribution in [0.4, 0.5) is 11.6 Å². The van der Waals surface area contributed by atoms with Gasteiger partial charge in [0.05, 0.1) is 6.54 Å². The summed E-state index contributed by atoms with van der Waals surface area (Å²) < 4.78 is 8.81. The zero-order valence-electron chi connectivity index (χ0n) is 17.1. The monoisotopic (exact) mass is 559 g/mol. The summed E-state index contributed by atoms with van der Waals surface area (Å²) in [6.45, 7) is 4.75. The predicted molar refractivity (Wildman–Crippen MR) is 112 cm³/mol. The number of nitrogens with zero attached hydrogens (tertiary/aromatic N) is 4. The molecular weight excluding hydrogens is 537 g/mol. The Morgan fingerprint density at radius 2 is 1.90 bits per heavy atom. The van der Waals surface area contributed by atoms with Crippen LogP contribution in [0.1, 0.15) is 35.0 Å². The highest BCUT2D eigenvalue weighted by Gasteiger charge is 2.29. The maximum absolute atomic E-state index is 12.9. The van der Waals surface area contributed by atoms with E-state index in [0.29, 0.717) is 19.0 Å². The molecule has 0 aliphatic heterocycles. The molecule has 0 radical (unpaired) electrons. The molecule has 0 spiro atoms. The minimum Gasteiger partial charge on any atom is -1.00 e. The predicted octanol–water partition coefficient (Wildman–Crippen LogP) is -1.83. The number of halogens is 2. The molecule has 166 valence electrons. The van der Waals surface area contributed by atoms with Gasteiger partial charge in [-0.2, -0.15) is 4.57 Å². The first-order chi connectivity index (χ1) is 14.4. The number of para-hydroxylation sites is 2. The Morgan fingerprint density at radius 1 is 1.19 bits per heavy atom. The largest absolute Gasteiger partial charge is 1.00 e. The summed E-state index contributed by atoms with van der Waals surface area (Å²) in [4.78, 5) is 33.2. The Kier molecular flexibility index (Phi) is 8.53. The summed E-state index contributed by atoms with van der Waals surface area (Å²) in [6, 6.07) is 7.50. The van der Waals surface area contributed by atoms with E-state index in [4.69, 9.17) is 27.8 Å². The van der Waals surface area contributed by atoms with Crippen molar-refractivity contribution in [1.82, 2.24) is 19.9 Å². The molecule has 12 heteroatoms. The number of nitrogens with one attached hydrogen (secondary N) is 1. The number of benzene rings is 1. The standard InChI is InChI=1S/C19H22ClN7O3.HI/c1-3-26-11-7-5-6-8-12(11)27(14(28)10-30-4-2)13(26)9-23-19(29)15-17(21)25-18(22)16(20)24-15;/h5-8H,3-4,9-10H2,1-2H3,(H4-,21,22,23,25,29);1H. The number of ether oxygens (including phenoxy) is 1. The van der Waals surface area contributed by atoms with E-state index in [-0.39, 0.29) is 65.5 Å². The van der Waals surface area contributed by atoms with E-state index >= 15 is 0 Å². The molecule has 1 aromatic carbocycles. The van der Waals surface area contributed by atoms with E-state index in [1.807, 2.05) is 42.7 Å². The SMILES string of the molecule is CCOCC(=O)[n+]1c(CNC(=O)c2nc(Cl)c(N)nc2N)n(CC)c2ccccc21.[I-]. The molecule has 1 amide bonds. The van der Waals surface area contributed by atoms with Gasteiger partial charge in [-0.1, -0.05) is 23.7 Å². The minimum absolute atomic E-state index is 0. The van der Waals surface area contributed by atoms with Crippen molar-refractivity contribution in [3.63, 3.8) is 0 Å². The highest BCUT2D eigenvalue weighted by molar-refractivity contribution is 6.31. The summed E-state index contributed by atoms with van der Waals surface area (Å²) in [6.07, 6.45) is 0. The number of aryl methyl sites for hydroxylation is 1. The molecule has 5 N–H and O–H groups in total. The summed E-state index contributed by atoms with van der Waals surface area (Å²) in [7, 11) is 0. The number of fused-ring (bicyclic) bond motifs is 1. The van der Waals surface area contributed by atoms with E-state index < -0.39 is 5.91 Å². The number of hydrogen-bond donors (Lipinski definition) is 3. The average molecular weight is 560 g/mol. The lowest BCUT2D eigenvalue weighted by Crippen LogP contribution is -3.00. The first kappa shape index (κ1) is 24.8. The van der Waals surface area contributed by atoms with Crippen LogP contribution in [-0.4, -0.2) is 39.6 Å². The first-order valence-corrected chi connectivity index (χ1v) is 9.76. The average Bonchev–Trinajstić information content (AvgIpc) is 3.06. The van der Waals surface area contributed by atoms with Crippen LogP contribution in [-0.2, 0) is 17.8 Å². The van der Waals surface area contributed by atoms with Crippen LogP contribution >= 0.6 is 11.6 Å². The number of nitrogens with two attached hydrogens (primary N) is 2. The first-order valence-electron chi connectivity index (χ1n) is 9.38. The third-order valence-corrected chi connectivity index (χ3v) is 4.78. The van der Waals surface area contributed by atoms with Crippen molar-refractivity contribution in [2.45, 2.75) is 26.9 Å². The lowest BCUT2D eigenvalue weighted by molar-refractivity contribution is -0.558. The van der Waals surface area contributed by atoms with Gasteiger partial charge in [0.1, 0.15) is 13.2 Å². The molecule has 3 aromatic rings. The number of imidazole rings is 1. The van der Waals surface area contributed by atoms with Crippen molar-refractivity contribution in [3.05, 3.63) is 40.9 Å². The van der Waals surface area contributed by atoms with Gasteiger partial charge in [0.25, 0.3) is 11.7 Å². The molecule has 0 fully saturated rings. The fraction of sp³-hybridized carbons (Fsp3) is 0.316. The maximum Gasteiger partial charge on any atom is 0.340 e. The van der Waals surface area contributed by atoms with Crippen molar-refractivity contribution in [2.24, 2.45) is 0 Å².